The van der Waals surface area contributed by atoms with Gasteiger partial charge in [-0.1, -0.05) is 63.1 Å². The second kappa shape index (κ2) is 9.94. The van der Waals surface area contributed by atoms with Gasteiger partial charge in [0.25, 0.3) is 0 Å². The van der Waals surface area contributed by atoms with Crippen molar-refractivity contribution in [3.63, 3.8) is 0 Å². The zero-order valence-electron chi connectivity index (χ0n) is 18.9. The predicted octanol–water partition coefficient (Wildman–Crippen LogP) is 8.54. The molecule has 0 atom stereocenters. The summed E-state index contributed by atoms with van der Waals surface area (Å²) in [6.45, 7) is 4.39. The average molecular weight is 421 g/mol. The summed E-state index contributed by atoms with van der Waals surface area (Å²) in [7, 11) is 0. The minimum atomic E-state index is -0.705. The van der Waals surface area contributed by atoms with Crippen molar-refractivity contribution in [3.05, 3.63) is 82.4 Å². The third-order valence-electron chi connectivity index (χ3n) is 7.26. The van der Waals surface area contributed by atoms with Crippen LogP contribution < -0.4 is 0 Å². The van der Waals surface area contributed by atoms with Crippen LogP contribution >= 0.6 is 0 Å². The second-order valence-corrected chi connectivity index (χ2v) is 9.34. The topological polar surface area (TPSA) is 0 Å². The van der Waals surface area contributed by atoms with Crippen LogP contribution in [-0.2, 0) is 19.3 Å². The number of fused-ring (bicyclic) bond motifs is 1. The van der Waals surface area contributed by atoms with E-state index in [1.165, 1.54) is 43.2 Å². The van der Waals surface area contributed by atoms with E-state index >= 15 is 0 Å². The van der Waals surface area contributed by atoms with E-state index in [1.54, 1.807) is 6.07 Å². The zero-order chi connectivity index (χ0) is 21.8. The van der Waals surface area contributed by atoms with E-state index < -0.39 is 11.6 Å². The standard InChI is InChI=1S/C29H34F2/c1-3-5-22-11-16-25-19-26(28(30)29(31)27(25)18-22)17-10-21-8-14-24(15-9-21)23-12-6-20(4-2)7-13-23/h8-9,11,14-16,18-20,23H,3-7,10,12-13,17H2,1-2H3. The quantitative estimate of drug-likeness (QED) is 0.359. The molecule has 0 nitrogen and oxygen atoms in total. The van der Waals surface area contributed by atoms with Gasteiger partial charge < -0.3 is 0 Å². The van der Waals surface area contributed by atoms with Gasteiger partial charge in [0.1, 0.15) is 0 Å². The van der Waals surface area contributed by atoms with Gasteiger partial charge in [-0.05, 0) is 96.6 Å². The Morgan fingerprint density at radius 1 is 0.742 bits per heavy atom. The first-order chi connectivity index (χ1) is 15.1. The lowest BCUT2D eigenvalue weighted by Gasteiger charge is -2.28. The average Bonchev–Trinajstić information content (AvgIpc) is 2.81. The molecule has 0 unspecified atom stereocenters. The van der Waals surface area contributed by atoms with Crippen molar-refractivity contribution in [2.45, 2.75) is 77.6 Å². The number of aryl methyl sites for hydroxylation is 3. The van der Waals surface area contributed by atoms with Crippen LogP contribution in [0.4, 0.5) is 8.78 Å². The minimum absolute atomic E-state index is 0.398. The molecule has 1 fully saturated rings. The highest BCUT2D eigenvalue weighted by Gasteiger charge is 2.21. The summed E-state index contributed by atoms with van der Waals surface area (Å²) in [6.07, 6.45) is 9.68. The summed E-state index contributed by atoms with van der Waals surface area (Å²) in [5.74, 6) is 0.196. The Labute approximate surface area is 185 Å². The van der Waals surface area contributed by atoms with E-state index in [9.17, 15) is 8.78 Å². The maximum Gasteiger partial charge on any atom is 0.166 e. The summed E-state index contributed by atoms with van der Waals surface area (Å²) in [5, 5.41) is 1.18. The molecule has 1 aliphatic rings. The molecule has 0 radical (unpaired) electrons. The van der Waals surface area contributed by atoms with Crippen LogP contribution in [0, 0.1) is 17.6 Å². The molecule has 0 aromatic heterocycles. The highest BCUT2D eigenvalue weighted by Crippen LogP contribution is 2.37. The van der Waals surface area contributed by atoms with E-state index in [-0.39, 0.29) is 0 Å². The smallest absolute Gasteiger partial charge is 0.166 e. The Bertz CT molecular complexity index is 1010. The lowest BCUT2D eigenvalue weighted by molar-refractivity contribution is 0.319. The van der Waals surface area contributed by atoms with Crippen molar-refractivity contribution in [1.82, 2.24) is 0 Å². The largest absolute Gasteiger partial charge is 0.203 e. The Hall–Kier alpha value is -2.22. The molecule has 0 spiro atoms. The number of hydrogen-bond donors (Lipinski definition) is 0. The van der Waals surface area contributed by atoms with Gasteiger partial charge in [-0.2, -0.15) is 0 Å². The van der Waals surface area contributed by atoms with Gasteiger partial charge >= 0.3 is 0 Å². The Morgan fingerprint density at radius 2 is 1.45 bits per heavy atom. The van der Waals surface area contributed by atoms with E-state index in [2.05, 4.69) is 38.1 Å². The Balaban J connectivity index is 1.44. The van der Waals surface area contributed by atoms with Gasteiger partial charge in [-0.15, -0.1) is 0 Å². The lowest BCUT2D eigenvalue weighted by atomic mass is 9.78. The SMILES string of the molecule is CCCc1ccc2cc(CCc3ccc(C4CCC(CC)CC4)cc3)c(F)c(F)c2c1. The van der Waals surface area contributed by atoms with E-state index in [0.29, 0.717) is 23.3 Å². The summed E-state index contributed by atoms with van der Waals surface area (Å²) >= 11 is 0. The van der Waals surface area contributed by atoms with Crippen LogP contribution in [0.3, 0.4) is 0 Å². The van der Waals surface area contributed by atoms with E-state index in [0.717, 1.165) is 36.1 Å². The molecular weight excluding hydrogens is 386 g/mol. The van der Waals surface area contributed by atoms with Crippen molar-refractivity contribution in [2.24, 2.45) is 5.92 Å². The molecule has 0 N–H and O–H groups in total. The van der Waals surface area contributed by atoms with Gasteiger partial charge in [0.05, 0.1) is 0 Å². The first-order valence-corrected chi connectivity index (χ1v) is 12.1. The molecule has 3 aromatic rings. The summed E-state index contributed by atoms with van der Waals surface area (Å²) in [6, 6.07) is 16.4. The summed E-state index contributed by atoms with van der Waals surface area (Å²) in [4.78, 5) is 0. The fourth-order valence-electron chi connectivity index (χ4n) is 5.20. The van der Waals surface area contributed by atoms with E-state index in [1.807, 2.05) is 18.2 Å². The first kappa shape index (κ1) is 22.0. The Kier molecular flexibility index (Phi) is 7.05. The van der Waals surface area contributed by atoms with Crippen LogP contribution in [-0.4, -0.2) is 0 Å². The van der Waals surface area contributed by atoms with Crippen molar-refractivity contribution < 1.29 is 8.78 Å². The first-order valence-electron chi connectivity index (χ1n) is 12.1. The molecule has 164 valence electrons. The fourth-order valence-corrected chi connectivity index (χ4v) is 5.20. The van der Waals surface area contributed by atoms with Crippen molar-refractivity contribution >= 4 is 10.8 Å². The molecule has 1 aliphatic carbocycles. The van der Waals surface area contributed by atoms with Crippen molar-refractivity contribution in [1.29, 1.82) is 0 Å². The molecule has 0 amide bonds. The molecule has 4 rings (SSSR count). The van der Waals surface area contributed by atoms with Crippen LogP contribution in [0.25, 0.3) is 10.8 Å². The highest BCUT2D eigenvalue weighted by atomic mass is 19.2. The Morgan fingerprint density at radius 3 is 2.13 bits per heavy atom. The number of rotatable bonds is 7. The molecule has 0 bridgehead atoms. The van der Waals surface area contributed by atoms with E-state index in [4.69, 9.17) is 0 Å². The lowest BCUT2D eigenvalue weighted by Crippen LogP contribution is -2.12. The molecule has 3 aromatic carbocycles. The van der Waals surface area contributed by atoms with Gasteiger partial charge in [0.2, 0.25) is 0 Å². The van der Waals surface area contributed by atoms with Crippen molar-refractivity contribution in [2.75, 3.05) is 0 Å². The monoisotopic (exact) mass is 420 g/mol. The minimum Gasteiger partial charge on any atom is -0.203 e. The van der Waals surface area contributed by atoms with Gasteiger partial charge in [-0.3, -0.25) is 0 Å². The third kappa shape index (κ3) is 5.00. The normalized spacial score (nSPS) is 19.1. The highest BCUT2D eigenvalue weighted by molar-refractivity contribution is 5.84. The molecule has 0 saturated heterocycles. The van der Waals surface area contributed by atoms with Crippen LogP contribution in [0.5, 0.6) is 0 Å². The van der Waals surface area contributed by atoms with Crippen LogP contribution in [0.2, 0.25) is 0 Å². The fraction of sp³-hybridized carbons (Fsp3) is 0.448. The number of benzene rings is 3. The molecule has 31 heavy (non-hydrogen) atoms. The maximum absolute atomic E-state index is 14.7. The molecule has 2 heteroatoms. The molecule has 0 aliphatic heterocycles. The predicted molar refractivity (Wildman–Crippen MR) is 127 cm³/mol. The third-order valence-corrected chi connectivity index (χ3v) is 7.26. The van der Waals surface area contributed by atoms with Gasteiger partial charge in [-0.25, -0.2) is 8.78 Å². The van der Waals surface area contributed by atoms with Crippen LogP contribution in [0.15, 0.2) is 48.5 Å². The van der Waals surface area contributed by atoms with Gasteiger partial charge in [0, 0.05) is 5.39 Å². The summed E-state index contributed by atoms with van der Waals surface area (Å²) < 4.78 is 29.5. The van der Waals surface area contributed by atoms with Crippen molar-refractivity contribution in [3.8, 4) is 0 Å². The van der Waals surface area contributed by atoms with Gasteiger partial charge in [0.15, 0.2) is 11.6 Å². The molecular formula is C29H34F2. The maximum atomic E-state index is 14.7. The summed E-state index contributed by atoms with van der Waals surface area (Å²) in [5.41, 5.74) is 4.15. The molecule has 0 heterocycles. The number of halogens is 2. The number of hydrogen-bond acceptors (Lipinski definition) is 0. The molecule has 1 saturated carbocycles. The second-order valence-electron chi connectivity index (χ2n) is 9.34. The zero-order valence-corrected chi connectivity index (χ0v) is 18.9. The van der Waals surface area contributed by atoms with Crippen LogP contribution in [0.1, 0.15) is 80.5 Å².